The Kier molecular flexibility index (Phi) is 5.06. The van der Waals surface area contributed by atoms with E-state index in [-0.39, 0.29) is 17.4 Å². The molecule has 25 heavy (non-hydrogen) atoms. The Bertz CT molecular complexity index is 651. The zero-order valence-corrected chi connectivity index (χ0v) is 16.2. The predicted molar refractivity (Wildman–Crippen MR) is 103 cm³/mol. The van der Waals surface area contributed by atoms with Gasteiger partial charge >= 0.3 is 0 Å². The smallest absolute Gasteiger partial charge is 0.219 e. The van der Waals surface area contributed by atoms with Crippen LogP contribution in [0.1, 0.15) is 44.4 Å². The zero-order chi connectivity index (χ0) is 18.2. The van der Waals surface area contributed by atoms with E-state index in [2.05, 4.69) is 61.4 Å². The van der Waals surface area contributed by atoms with Crippen molar-refractivity contribution in [1.82, 2.24) is 9.80 Å². The molecule has 0 saturated carbocycles. The normalized spacial score (nSPS) is 26.7. The van der Waals surface area contributed by atoms with Crippen molar-refractivity contribution in [1.29, 1.82) is 0 Å². The Balaban J connectivity index is 1.81. The predicted octanol–water partition coefficient (Wildman–Crippen LogP) is 4.05. The molecule has 2 saturated heterocycles. The van der Waals surface area contributed by atoms with E-state index < -0.39 is 0 Å². The summed E-state index contributed by atoms with van der Waals surface area (Å²) < 4.78 is 0. The number of benzene rings is 1. The number of allylic oxidation sites excluding steroid dienone is 1. The number of carbonyl (C=O) groups excluding carboxylic acids is 1. The second kappa shape index (κ2) is 6.95. The molecular formula is C22H32N2O. The molecule has 136 valence electrons. The Hall–Kier alpha value is -1.61. The van der Waals surface area contributed by atoms with Crippen molar-refractivity contribution in [2.24, 2.45) is 17.3 Å². The van der Waals surface area contributed by atoms with Crippen LogP contribution in [-0.2, 0) is 4.79 Å². The summed E-state index contributed by atoms with van der Waals surface area (Å²) in [5.74, 6) is 1.35. The van der Waals surface area contributed by atoms with Crippen LogP contribution in [0.3, 0.4) is 0 Å². The molecule has 1 amide bonds. The van der Waals surface area contributed by atoms with Gasteiger partial charge in [-0.1, -0.05) is 44.2 Å². The minimum absolute atomic E-state index is 0.209. The standard InChI is InChI=1S/C22H32N2O/c1-6-11-22(4,5)15-23-12-18-13-24(17(3)25)21(20(18)14-23)19-10-8-7-9-16(19)2/h6-10,18,20-21H,1,11-15H2,2-5H3/t18-,20-,21+/m1/s1. The molecule has 0 aliphatic carbocycles. The molecule has 2 fully saturated rings. The molecule has 3 heteroatoms. The molecule has 1 aromatic carbocycles. The van der Waals surface area contributed by atoms with E-state index in [0.29, 0.717) is 11.8 Å². The van der Waals surface area contributed by atoms with Crippen LogP contribution in [0.4, 0.5) is 0 Å². The number of fused-ring (bicyclic) bond motifs is 1. The molecule has 3 atom stereocenters. The van der Waals surface area contributed by atoms with Gasteiger partial charge in [0, 0.05) is 39.0 Å². The molecule has 3 rings (SSSR count). The molecular weight excluding hydrogens is 308 g/mol. The first-order valence-electron chi connectivity index (χ1n) is 9.48. The third-order valence-corrected chi connectivity index (χ3v) is 6.00. The number of rotatable bonds is 5. The van der Waals surface area contributed by atoms with Crippen LogP contribution >= 0.6 is 0 Å². The summed E-state index contributed by atoms with van der Waals surface area (Å²) in [6, 6.07) is 8.80. The second-order valence-electron chi connectivity index (χ2n) is 8.75. The lowest BCUT2D eigenvalue weighted by molar-refractivity contribution is -0.130. The number of likely N-dealkylation sites (tertiary alicyclic amines) is 2. The highest BCUT2D eigenvalue weighted by Gasteiger charge is 2.49. The molecule has 0 radical (unpaired) electrons. The van der Waals surface area contributed by atoms with Crippen LogP contribution in [0, 0.1) is 24.2 Å². The van der Waals surface area contributed by atoms with Crippen LogP contribution in [0.25, 0.3) is 0 Å². The number of hydrogen-bond acceptors (Lipinski definition) is 2. The van der Waals surface area contributed by atoms with Crippen molar-refractivity contribution >= 4 is 5.91 Å². The van der Waals surface area contributed by atoms with Crippen LogP contribution in [-0.4, -0.2) is 41.9 Å². The van der Waals surface area contributed by atoms with Gasteiger partial charge in [-0.3, -0.25) is 4.79 Å². The lowest BCUT2D eigenvalue weighted by Gasteiger charge is -2.33. The number of carbonyl (C=O) groups is 1. The van der Waals surface area contributed by atoms with Crippen LogP contribution < -0.4 is 0 Å². The Morgan fingerprint density at radius 3 is 2.64 bits per heavy atom. The third-order valence-electron chi connectivity index (χ3n) is 6.00. The van der Waals surface area contributed by atoms with Gasteiger partial charge in [-0.2, -0.15) is 0 Å². The lowest BCUT2D eigenvalue weighted by Crippen LogP contribution is -2.37. The minimum Gasteiger partial charge on any atom is -0.335 e. The number of nitrogens with zero attached hydrogens (tertiary/aromatic N) is 2. The quantitative estimate of drug-likeness (QED) is 0.755. The largest absolute Gasteiger partial charge is 0.335 e. The van der Waals surface area contributed by atoms with E-state index in [0.717, 1.165) is 32.6 Å². The maximum Gasteiger partial charge on any atom is 0.219 e. The summed E-state index contributed by atoms with van der Waals surface area (Å²) in [5, 5.41) is 0. The van der Waals surface area contributed by atoms with Crippen molar-refractivity contribution in [3.63, 3.8) is 0 Å². The third kappa shape index (κ3) is 3.67. The number of aryl methyl sites for hydroxylation is 1. The minimum atomic E-state index is 0.209. The molecule has 3 nitrogen and oxygen atoms in total. The van der Waals surface area contributed by atoms with Gasteiger partial charge in [-0.25, -0.2) is 0 Å². The van der Waals surface area contributed by atoms with E-state index >= 15 is 0 Å². The monoisotopic (exact) mass is 340 g/mol. The first-order valence-corrected chi connectivity index (χ1v) is 9.48. The van der Waals surface area contributed by atoms with Gasteiger partial charge in [-0.15, -0.1) is 6.58 Å². The molecule has 2 heterocycles. The molecule has 0 spiro atoms. The zero-order valence-electron chi connectivity index (χ0n) is 16.2. The molecule has 2 aliphatic rings. The van der Waals surface area contributed by atoms with Gasteiger partial charge < -0.3 is 9.80 Å². The Morgan fingerprint density at radius 2 is 2.00 bits per heavy atom. The topological polar surface area (TPSA) is 23.6 Å². The molecule has 0 N–H and O–H groups in total. The van der Waals surface area contributed by atoms with Gasteiger partial charge in [-0.05, 0) is 35.8 Å². The van der Waals surface area contributed by atoms with Gasteiger partial charge in [0.05, 0.1) is 6.04 Å². The molecule has 0 aromatic heterocycles. The van der Waals surface area contributed by atoms with Gasteiger partial charge in [0.2, 0.25) is 5.91 Å². The maximum atomic E-state index is 12.3. The Labute approximate surface area is 152 Å². The van der Waals surface area contributed by atoms with E-state index in [1.165, 1.54) is 11.1 Å². The average Bonchev–Trinajstić information content (AvgIpc) is 3.04. The van der Waals surface area contributed by atoms with E-state index in [9.17, 15) is 4.79 Å². The fourth-order valence-electron chi connectivity index (χ4n) is 4.97. The summed E-state index contributed by atoms with van der Waals surface area (Å²) >= 11 is 0. The summed E-state index contributed by atoms with van der Waals surface area (Å²) in [6.45, 7) is 16.6. The van der Waals surface area contributed by atoms with Crippen molar-refractivity contribution < 1.29 is 4.79 Å². The highest BCUT2D eigenvalue weighted by Crippen LogP contribution is 2.46. The first-order chi connectivity index (χ1) is 11.8. The first kappa shape index (κ1) is 18.2. The fourth-order valence-corrected chi connectivity index (χ4v) is 4.97. The van der Waals surface area contributed by atoms with Gasteiger partial charge in [0.15, 0.2) is 0 Å². The van der Waals surface area contributed by atoms with Crippen LogP contribution in [0.5, 0.6) is 0 Å². The molecule has 0 unspecified atom stereocenters. The van der Waals surface area contributed by atoms with Gasteiger partial charge in [0.25, 0.3) is 0 Å². The molecule has 2 aliphatic heterocycles. The fraction of sp³-hybridized carbons (Fsp3) is 0.591. The van der Waals surface area contributed by atoms with Crippen LogP contribution in [0.15, 0.2) is 36.9 Å². The lowest BCUT2D eigenvalue weighted by atomic mass is 9.87. The van der Waals surface area contributed by atoms with Crippen molar-refractivity contribution in [2.45, 2.75) is 40.2 Å². The summed E-state index contributed by atoms with van der Waals surface area (Å²) in [4.78, 5) is 17.0. The van der Waals surface area contributed by atoms with Gasteiger partial charge in [0.1, 0.15) is 0 Å². The van der Waals surface area contributed by atoms with E-state index in [1.807, 2.05) is 6.08 Å². The van der Waals surface area contributed by atoms with E-state index in [4.69, 9.17) is 0 Å². The number of amides is 1. The summed E-state index contributed by atoms with van der Waals surface area (Å²) in [7, 11) is 0. The highest BCUT2D eigenvalue weighted by molar-refractivity contribution is 5.74. The SMILES string of the molecule is C=CCC(C)(C)CN1C[C@@H]2CN(C(C)=O)[C@@H](c3ccccc3C)[C@@H]2C1. The Morgan fingerprint density at radius 1 is 1.28 bits per heavy atom. The van der Waals surface area contributed by atoms with Crippen molar-refractivity contribution in [3.05, 3.63) is 48.0 Å². The summed E-state index contributed by atoms with van der Waals surface area (Å²) in [5.41, 5.74) is 2.89. The van der Waals surface area contributed by atoms with Crippen molar-refractivity contribution in [2.75, 3.05) is 26.2 Å². The highest BCUT2D eigenvalue weighted by atomic mass is 16.2. The second-order valence-corrected chi connectivity index (χ2v) is 8.75. The molecule has 0 bridgehead atoms. The van der Waals surface area contributed by atoms with Crippen LogP contribution in [0.2, 0.25) is 0 Å². The van der Waals surface area contributed by atoms with Crippen molar-refractivity contribution in [3.8, 4) is 0 Å². The van der Waals surface area contributed by atoms with E-state index in [1.54, 1.807) is 6.92 Å². The maximum absolute atomic E-state index is 12.3. The molecule has 1 aromatic rings. The average molecular weight is 341 g/mol. The summed E-state index contributed by atoms with van der Waals surface area (Å²) in [6.07, 6.45) is 3.07. The number of hydrogen-bond donors (Lipinski definition) is 0.